The van der Waals surface area contributed by atoms with Crippen molar-refractivity contribution in [2.75, 3.05) is 33.4 Å². The van der Waals surface area contributed by atoms with E-state index in [9.17, 15) is 0 Å². The van der Waals surface area contributed by atoms with E-state index in [4.69, 9.17) is 4.74 Å². The Hall–Kier alpha value is -0.0800. The lowest BCUT2D eigenvalue weighted by Gasteiger charge is -2.30. The molecule has 0 unspecified atom stereocenters. The Kier molecular flexibility index (Phi) is 4.62. The molecule has 1 rings (SSSR count). The van der Waals surface area contributed by atoms with Crippen LogP contribution in [0.2, 0.25) is 0 Å². The van der Waals surface area contributed by atoms with Gasteiger partial charge in [0.15, 0.2) is 0 Å². The highest BCUT2D eigenvalue weighted by atomic mass is 16.5. The van der Waals surface area contributed by atoms with Gasteiger partial charge in [0.05, 0.1) is 0 Å². The molecule has 0 atom stereocenters. The van der Waals surface area contributed by atoms with Gasteiger partial charge in [0.1, 0.15) is 0 Å². The van der Waals surface area contributed by atoms with Gasteiger partial charge < -0.3 is 9.64 Å². The lowest BCUT2D eigenvalue weighted by Crippen LogP contribution is -2.33. The number of hydrogen-bond donors (Lipinski definition) is 0. The van der Waals surface area contributed by atoms with Crippen molar-refractivity contribution in [3.05, 3.63) is 0 Å². The predicted molar refractivity (Wildman–Crippen MR) is 51.3 cm³/mol. The van der Waals surface area contributed by atoms with E-state index >= 15 is 0 Å². The molecule has 0 radical (unpaired) electrons. The van der Waals surface area contributed by atoms with Crippen molar-refractivity contribution >= 4 is 0 Å². The average molecular weight is 171 g/mol. The minimum atomic E-state index is 0.924. The minimum Gasteiger partial charge on any atom is -0.385 e. The zero-order valence-electron chi connectivity index (χ0n) is 8.38. The molecule has 0 bridgehead atoms. The molecule has 12 heavy (non-hydrogen) atoms. The second-order valence-corrected chi connectivity index (χ2v) is 3.66. The summed E-state index contributed by atoms with van der Waals surface area (Å²) in [4.78, 5) is 2.53. The minimum absolute atomic E-state index is 0.924. The Bertz CT molecular complexity index is 108. The van der Waals surface area contributed by atoms with Crippen LogP contribution < -0.4 is 0 Å². The van der Waals surface area contributed by atoms with Crippen molar-refractivity contribution in [2.45, 2.75) is 26.2 Å². The Morgan fingerprint density at radius 3 is 2.50 bits per heavy atom. The first-order chi connectivity index (χ1) is 5.86. The van der Waals surface area contributed by atoms with E-state index in [1.807, 2.05) is 0 Å². The molecule has 1 heterocycles. The fourth-order valence-corrected chi connectivity index (χ4v) is 1.88. The summed E-state index contributed by atoms with van der Waals surface area (Å²) in [6.07, 6.45) is 4.00. The lowest BCUT2D eigenvalue weighted by atomic mass is 9.94. The summed E-state index contributed by atoms with van der Waals surface area (Å²) in [5.74, 6) is 0.924. The van der Waals surface area contributed by atoms with E-state index in [1.165, 1.54) is 38.9 Å². The maximum absolute atomic E-state index is 5.08. The van der Waals surface area contributed by atoms with Crippen molar-refractivity contribution in [2.24, 2.45) is 5.92 Å². The third-order valence-corrected chi connectivity index (χ3v) is 2.88. The van der Waals surface area contributed by atoms with E-state index in [1.54, 1.807) is 7.11 Å². The van der Waals surface area contributed by atoms with Crippen molar-refractivity contribution in [1.29, 1.82) is 0 Å². The monoisotopic (exact) mass is 171 g/mol. The predicted octanol–water partition coefficient (Wildman–Crippen LogP) is 1.75. The van der Waals surface area contributed by atoms with Gasteiger partial charge in [-0.2, -0.15) is 0 Å². The number of likely N-dealkylation sites (tertiary alicyclic amines) is 1. The fourth-order valence-electron chi connectivity index (χ4n) is 1.88. The molecule has 0 aliphatic carbocycles. The molecular formula is C10H21NO. The summed E-state index contributed by atoms with van der Waals surface area (Å²) in [5, 5.41) is 0. The zero-order valence-corrected chi connectivity index (χ0v) is 8.38. The normalized spacial score (nSPS) is 21.5. The number of rotatable bonds is 4. The molecule has 2 nitrogen and oxygen atoms in total. The summed E-state index contributed by atoms with van der Waals surface area (Å²) in [6, 6.07) is 0. The van der Waals surface area contributed by atoms with Crippen LogP contribution in [0.5, 0.6) is 0 Å². The van der Waals surface area contributed by atoms with Crippen LogP contribution in [0.4, 0.5) is 0 Å². The van der Waals surface area contributed by atoms with Gasteiger partial charge in [-0.3, -0.25) is 0 Å². The van der Waals surface area contributed by atoms with Gasteiger partial charge >= 0.3 is 0 Å². The molecular weight excluding hydrogens is 150 g/mol. The molecule has 72 valence electrons. The SMILES string of the molecule is CCN1CCC(CCOC)CC1. The first-order valence-electron chi connectivity index (χ1n) is 5.08. The van der Waals surface area contributed by atoms with Gasteiger partial charge in [-0.05, 0) is 44.8 Å². The summed E-state index contributed by atoms with van der Waals surface area (Å²) in [6.45, 7) is 7.00. The van der Waals surface area contributed by atoms with Crippen LogP contribution in [0, 0.1) is 5.92 Å². The van der Waals surface area contributed by atoms with Crippen LogP contribution >= 0.6 is 0 Å². The highest BCUT2D eigenvalue weighted by molar-refractivity contribution is 4.70. The first-order valence-corrected chi connectivity index (χ1v) is 5.08. The zero-order chi connectivity index (χ0) is 8.81. The Labute approximate surface area is 75.9 Å². The van der Waals surface area contributed by atoms with E-state index < -0.39 is 0 Å². The van der Waals surface area contributed by atoms with Crippen LogP contribution in [0.15, 0.2) is 0 Å². The van der Waals surface area contributed by atoms with Gasteiger partial charge in [-0.15, -0.1) is 0 Å². The number of piperidine rings is 1. The van der Waals surface area contributed by atoms with E-state index in [0.29, 0.717) is 0 Å². The van der Waals surface area contributed by atoms with Gasteiger partial charge in [-0.1, -0.05) is 6.92 Å². The molecule has 1 saturated heterocycles. The van der Waals surface area contributed by atoms with Crippen molar-refractivity contribution in [3.8, 4) is 0 Å². The first kappa shape index (κ1) is 10.0. The number of methoxy groups -OCH3 is 1. The number of hydrogen-bond acceptors (Lipinski definition) is 2. The molecule has 1 aliphatic heterocycles. The standard InChI is InChI=1S/C10H21NO/c1-3-11-7-4-10(5-8-11)6-9-12-2/h10H,3-9H2,1-2H3. The second-order valence-electron chi connectivity index (χ2n) is 3.66. The third-order valence-electron chi connectivity index (χ3n) is 2.88. The number of ether oxygens (including phenoxy) is 1. The van der Waals surface area contributed by atoms with Crippen molar-refractivity contribution in [1.82, 2.24) is 4.90 Å². The van der Waals surface area contributed by atoms with E-state index in [0.717, 1.165) is 12.5 Å². The molecule has 1 aliphatic rings. The molecule has 0 aromatic rings. The van der Waals surface area contributed by atoms with Gasteiger partial charge in [0.25, 0.3) is 0 Å². The Morgan fingerprint density at radius 1 is 1.33 bits per heavy atom. The lowest BCUT2D eigenvalue weighted by molar-refractivity contribution is 0.138. The maximum Gasteiger partial charge on any atom is 0.0464 e. The summed E-state index contributed by atoms with van der Waals surface area (Å²) < 4.78 is 5.08. The van der Waals surface area contributed by atoms with Crippen LogP contribution in [0.25, 0.3) is 0 Å². The van der Waals surface area contributed by atoms with Crippen LogP contribution in [0.1, 0.15) is 26.2 Å². The molecule has 2 heteroatoms. The molecule has 0 N–H and O–H groups in total. The quantitative estimate of drug-likeness (QED) is 0.639. The highest BCUT2D eigenvalue weighted by Gasteiger charge is 2.17. The molecule has 1 fully saturated rings. The molecule has 0 aromatic heterocycles. The highest BCUT2D eigenvalue weighted by Crippen LogP contribution is 2.19. The molecule has 0 aromatic carbocycles. The summed E-state index contributed by atoms with van der Waals surface area (Å²) in [7, 11) is 1.79. The molecule has 0 amide bonds. The van der Waals surface area contributed by atoms with E-state index in [2.05, 4.69) is 11.8 Å². The fraction of sp³-hybridized carbons (Fsp3) is 1.00. The summed E-state index contributed by atoms with van der Waals surface area (Å²) in [5.41, 5.74) is 0. The van der Waals surface area contributed by atoms with E-state index in [-0.39, 0.29) is 0 Å². The van der Waals surface area contributed by atoms with Crippen molar-refractivity contribution < 1.29 is 4.74 Å². The average Bonchev–Trinajstić information content (AvgIpc) is 2.15. The van der Waals surface area contributed by atoms with Gasteiger partial charge in [0, 0.05) is 13.7 Å². The Balaban J connectivity index is 2.09. The third kappa shape index (κ3) is 3.11. The van der Waals surface area contributed by atoms with Gasteiger partial charge in [0.2, 0.25) is 0 Å². The largest absolute Gasteiger partial charge is 0.385 e. The molecule has 0 spiro atoms. The maximum atomic E-state index is 5.08. The summed E-state index contributed by atoms with van der Waals surface area (Å²) >= 11 is 0. The van der Waals surface area contributed by atoms with Crippen molar-refractivity contribution in [3.63, 3.8) is 0 Å². The van der Waals surface area contributed by atoms with Crippen LogP contribution in [0.3, 0.4) is 0 Å². The number of nitrogens with zero attached hydrogens (tertiary/aromatic N) is 1. The van der Waals surface area contributed by atoms with Gasteiger partial charge in [-0.25, -0.2) is 0 Å². The molecule has 0 saturated carbocycles. The topological polar surface area (TPSA) is 12.5 Å². The Morgan fingerprint density at radius 2 is 2.00 bits per heavy atom. The second kappa shape index (κ2) is 5.55. The van der Waals surface area contributed by atoms with Crippen LogP contribution in [-0.2, 0) is 4.74 Å². The van der Waals surface area contributed by atoms with Crippen LogP contribution in [-0.4, -0.2) is 38.3 Å². The smallest absolute Gasteiger partial charge is 0.0464 e.